The predicted molar refractivity (Wildman–Crippen MR) is 132 cm³/mol. The van der Waals surface area contributed by atoms with E-state index in [1.807, 2.05) is 24.3 Å². The Morgan fingerprint density at radius 1 is 1.14 bits per heavy atom. The largest absolute Gasteiger partial charge is 0.339 e. The number of nitrogens with zero attached hydrogens (tertiary/aromatic N) is 3. The van der Waals surface area contributed by atoms with E-state index in [2.05, 4.69) is 27.0 Å². The quantitative estimate of drug-likeness (QED) is 0.536. The van der Waals surface area contributed by atoms with Crippen LogP contribution in [0.25, 0.3) is 17.0 Å². The molecule has 1 amide bonds. The summed E-state index contributed by atoms with van der Waals surface area (Å²) < 4.78 is 34.4. The van der Waals surface area contributed by atoms with Crippen molar-refractivity contribution >= 4 is 21.5 Å². The van der Waals surface area contributed by atoms with Crippen molar-refractivity contribution in [3.63, 3.8) is 0 Å². The van der Waals surface area contributed by atoms with Crippen molar-refractivity contribution in [2.75, 3.05) is 13.1 Å². The van der Waals surface area contributed by atoms with Gasteiger partial charge in [0.15, 0.2) is 0 Å². The topological polar surface area (TPSA) is 105 Å². The van der Waals surface area contributed by atoms with Crippen LogP contribution in [0.4, 0.5) is 0 Å². The van der Waals surface area contributed by atoms with E-state index in [0.717, 1.165) is 24.8 Å². The number of hydrogen-bond acceptors (Lipinski definition) is 6. The summed E-state index contributed by atoms with van der Waals surface area (Å²) >= 11 is 0. The van der Waals surface area contributed by atoms with Gasteiger partial charge in [0.05, 0.1) is 10.9 Å². The van der Waals surface area contributed by atoms with E-state index in [1.54, 1.807) is 30.9 Å². The summed E-state index contributed by atoms with van der Waals surface area (Å²) in [6, 6.07) is 14.2. The molecule has 2 aliphatic rings. The molecule has 8 nitrogen and oxygen atoms in total. The highest BCUT2D eigenvalue weighted by Crippen LogP contribution is 2.39. The third-order valence-corrected chi connectivity index (χ3v) is 8.15. The van der Waals surface area contributed by atoms with E-state index >= 15 is 0 Å². The smallest absolute Gasteiger partial charge is 0.241 e. The van der Waals surface area contributed by atoms with Gasteiger partial charge in [-0.3, -0.25) is 4.79 Å². The molecule has 1 unspecified atom stereocenters. The molecule has 1 saturated carbocycles. The zero-order chi connectivity index (χ0) is 24.6. The van der Waals surface area contributed by atoms with Crippen LogP contribution in [0.2, 0.25) is 0 Å². The first kappa shape index (κ1) is 23.4. The molecule has 1 aliphatic heterocycles. The van der Waals surface area contributed by atoms with Gasteiger partial charge in [0.25, 0.3) is 0 Å². The lowest BCUT2D eigenvalue weighted by molar-refractivity contribution is -0.132. The van der Waals surface area contributed by atoms with Crippen LogP contribution < -0.4 is 4.72 Å². The second-order valence-electron chi connectivity index (χ2n) is 9.18. The van der Waals surface area contributed by atoms with Crippen LogP contribution in [0.5, 0.6) is 0 Å². The molecular formula is C26H28N4O4S. The van der Waals surface area contributed by atoms with Crippen LogP contribution in [0.15, 0.2) is 64.0 Å². The molecule has 0 bridgehead atoms. The average molecular weight is 493 g/mol. The summed E-state index contributed by atoms with van der Waals surface area (Å²) in [5, 5.41) is 4.01. The molecule has 0 radical (unpaired) electrons. The lowest BCUT2D eigenvalue weighted by Crippen LogP contribution is -2.48. The van der Waals surface area contributed by atoms with Crippen molar-refractivity contribution in [1.29, 1.82) is 0 Å². The molecule has 0 saturated heterocycles. The minimum absolute atomic E-state index is 0.0947. The summed E-state index contributed by atoms with van der Waals surface area (Å²) in [7, 11) is -3.95. The fraction of sp³-hybridized carbons (Fsp3) is 0.346. The predicted octanol–water partition coefficient (Wildman–Crippen LogP) is 3.91. The average Bonchev–Trinajstić information content (AvgIpc) is 3.60. The molecule has 182 valence electrons. The number of carbonyl (C=O) groups excluding carboxylic acids is 1. The molecule has 5 rings (SSSR count). The Balaban J connectivity index is 1.28. The number of amides is 1. The number of carbonyl (C=O) groups is 1. The third kappa shape index (κ3) is 5.06. The number of benzene rings is 2. The lowest BCUT2D eigenvalue weighted by atomic mass is 9.99. The number of rotatable bonds is 7. The molecule has 2 aromatic carbocycles. The van der Waals surface area contributed by atoms with Gasteiger partial charge < -0.3 is 9.42 Å². The van der Waals surface area contributed by atoms with Gasteiger partial charge >= 0.3 is 0 Å². The van der Waals surface area contributed by atoms with E-state index in [4.69, 9.17) is 4.52 Å². The van der Waals surface area contributed by atoms with Crippen LogP contribution in [-0.4, -0.2) is 48.5 Å². The first-order chi connectivity index (χ1) is 16.8. The van der Waals surface area contributed by atoms with E-state index in [9.17, 15) is 13.2 Å². The number of aromatic nitrogens is 2. The minimum Gasteiger partial charge on any atom is -0.339 e. The minimum atomic E-state index is -3.95. The van der Waals surface area contributed by atoms with Crippen molar-refractivity contribution in [2.45, 2.75) is 50.0 Å². The Bertz CT molecular complexity index is 1380. The molecule has 1 N–H and O–H groups in total. The highest BCUT2D eigenvalue weighted by Gasteiger charge is 2.31. The summed E-state index contributed by atoms with van der Waals surface area (Å²) in [6.07, 6.45) is 4.83. The van der Waals surface area contributed by atoms with Crippen LogP contribution in [0, 0.1) is 6.92 Å². The van der Waals surface area contributed by atoms with Crippen LogP contribution in [0.3, 0.4) is 0 Å². The maximum absolute atomic E-state index is 13.2. The SMILES string of the molecule is Cc1ccc(-c2noc(C3CC3)n2)cc1S(=O)(=O)NC(C)C(=O)N1CC=C(c2ccccc2)CC1. The number of sulfonamides is 1. The van der Waals surface area contributed by atoms with Gasteiger partial charge in [0.1, 0.15) is 0 Å². The van der Waals surface area contributed by atoms with Gasteiger partial charge in [-0.05, 0) is 55.9 Å². The number of hydrogen-bond donors (Lipinski definition) is 1. The highest BCUT2D eigenvalue weighted by molar-refractivity contribution is 7.89. The molecule has 1 fully saturated rings. The highest BCUT2D eigenvalue weighted by atomic mass is 32.2. The molecule has 35 heavy (non-hydrogen) atoms. The van der Waals surface area contributed by atoms with E-state index in [1.165, 1.54) is 11.6 Å². The van der Waals surface area contributed by atoms with E-state index < -0.39 is 16.1 Å². The van der Waals surface area contributed by atoms with Crippen molar-refractivity contribution in [3.05, 3.63) is 71.6 Å². The van der Waals surface area contributed by atoms with Gasteiger partial charge in [-0.2, -0.15) is 9.71 Å². The van der Waals surface area contributed by atoms with Crippen LogP contribution in [0.1, 0.15) is 49.1 Å². The first-order valence-electron chi connectivity index (χ1n) is 11.8. The molecule has 9 heteroatoms. The second-order valence-corrected chi connectivity index (χ2v) is 10.9. The van der Waals surface area contributed by atoms with Gasteiger partial charge in [-0.15, -0.1) is 0 Å². The summed E-state index contributed by atoms with van der Waals surface area (Å²) in [6.45, 7) is 4.29. The van der Waals surface area contributed by atoms with Gasteiger partial charge in [-0.1, -0.05) is 53.7 Å². The Kier molecular flexibility index (Phi) is 6.29. The lowest BCUT2D eigenvalue weighted by Gasteiger charge is -2.29. The fourth-order valence-corrected chi connectivity index (χ4v) is 5.75. The third-order valence-electron chi connectivity index (χ3n) is 6.47. The van der Waals surface area contributed by atoms with Crippen LogP contribution in [-0.2, 0) is 14.8 Å². The van der Waals surface area contributed by atoms with Crippen molar-refractivity contribution in [2.24, 2.45) is 0 Å². The second kappa shape index (κ2) is 9.39. The Labute approximate surface area is 205 Å². The molecule has 1 aliphatic carbocycles. The van der Waals surface area contributed by atoms with Crippen LogP contribution >= 0.6 is 0 Å². The number of nitrogens with one attached hydrogen (secondary N) is 1. The zero-order valence-corrected chi connectivity index (χ0v) is 20.6. The standard InChI is InChI=1S/C26H28N4O4S/c1-17-8-9-22(24-27-25(34-28-24)21-10-11-21)16-23(17)35(32,33)29-18(2)26(31)30-14-12-20(13-15-30)19-6-4-3-5-7-19/h3-9,12,16,18,21,29H,10-11,13-15H2,1-2H3. The normalized spacial score (nSPS) is 17.2. The molecule has 1 aromatic heterocycles. The van der Waals surface area contributed by atoms with Gasteiger partial charge in [0.2, 0.25) is 27.6 Å². The zero-order valence-electron chi connectivity index (χ0n) is 19.8. The maximum atomic E-state index is 13.2. The monoisotopic (exact) mass is 492 g/mol. The molecule has 0 spiro atoms. The number of aryl methyl sites for hydroxylation is 1. The van der Waals surface area contributed by atoms with Crippen molar-refractivity contribution in [3.8, 4) is 11.4 Å². The maximum Gasteiger partial charge on any atom is 0.241 e. The van der Waals surface area contributed by atoms with Crippen molar-refractivity contribution < 1.29 is 17.7 Å². The van der Waals surface area contributed by atoms with Gasteiger partial charge in [-0.25, -0.2) is 8.42 Å². The molecule has 3 aromatic rings. The Hall–Kier alpha value is -3.30. The Morgan fingerprint density at radius 2 is 1.91 bits per heavy atom. The summed E-state index contributed by atoms with van der Waals surface area (Å²) in [4.78, 5) is 19.2. The summed E-state index contributed by atoms with van der Waals surface area (Å²) in [5.41, 5.74) is 3.47. The first-order valence-corrected chi connectivity index (χ1v) is 13.3. The fourth-order valence-electron chi connectivity index (χ4n) is 4.28. The van der Waals surface area contributed by atoms with Gasteiger partial charge in [0, 0.05) is 24.6 Å². The van der Waals surface area contributed by atoms with Crippen molar-refractivity contribution in [1.82, 2.24) is 19.8 Å². The van der Waals surface area contributed by atoms with E-state index in [-0.39, 0.29) is 10.8 Å². The molecular weight excluding hydrogens is 464 g/mol. The Morgan fingerprint density at radius 3 is 2.60 bits per heavy atom. The molecule has 2 heterocycles. The van der Waals surface area contributed by atoms with E-state index in [0.29, 0.717) is 41.8 Å². The summed E-state index contributed by atoms with van der Waals surface area (Å²) in [5.74, 6) is 1.01. The molecule has 1 atom stereocenters.